The highest BCUT2D eigenvalue weighted by molar-refractivity contribution is 5.66. The summed E-state index contributed by atoms with van der Waals surface area (Å²) >= 11 is 0. The quantitative estimate of drug-likeness (QED) is 0.342. The van der Waals surface area contributed by atoms with Crippen molar-refractivity contribution >= 4 is 0 Å². The summed E-state index contributed by atoms with van der Waals surface area (Å²) < 4.78 is 115. The first-order valence-electron chi connectivity index (χ1n) is 11.0. The van der Waals surface area contributed by atoms with E-state index in [9.17, 15) is 35.1 Å². The van der Waals surface area contributed by atoms with Crippen molar-refractivity contribution in [3.63, 3.8) is 0 Å². The predicted molar refractivity (Wildman–Crippen MR) is 109 cm³/mol. The van der Waals surface area contributed by atoms with Gasteiger partial charge >= 0.3 is 12.5 Å². The second-order valence-corrected chi connectivity index (χ2v) is 8.51. The van der Waals surface area contributed by atoms with Crippen molar-refractivity contribution in [1.29, 1.82) is 0 Å². The first-order valence-corrected chi connectivity index (χ1v) is 11.0. The lowest BCUT2D eigenvalue weighted by atomic mass is 9.80. The van der Waals surface area contributed by atoms with E-state index in [1.54, 1.807) is 0 Å². The van der Waals surface area contributed by atoms with Crippen molar-refractivity contribution in [3.05, 3.63) is 53.3 Å². The van der Waals surface area contributed by atoms with Crippen molar-refractivity contribution in [3.8, 4) is 16.9 Å². The van der Waals surface area contributed by atoms with Gasteiger partial charge in [0.05, 0.1) is 6.61 Å². The summed E-state index contributed by atoms with van der Waals surface area (Å²) in [6, 6.07) is 4.16. The van der Waals surface area contributed by atoms with Crippen LogP contribution in [-0.4, -0.2) is 13.0 Å². The van der Waals surface area contributed by atoms with Crippen LogP contribution in [0.1, 0.15) is 51.0 Å². The van der Waals surface area contributed by atoms with Crippen LogP contribution in [0.25, 0.3) is 11.1 Å². The minimum Gasteiger partial charge on any atom is -0.493 e. The summed E-state index contributed by atoms with van der Waals surface area (Å²) in [4.78, 5) is 0. The van der Waals surface area contributed by atoms with Gasteiger partial charge in [-0.2, -0.15) is 8.78 Å². The highest BCUT2D eigenvalue weighted by atomic mass is 19.4. The second kappa shape index (κ2) is 10.5. The fraction of sp³-hybridized carbons (Fsp3) is 0.500. The standard InChI is InChI=1S/C24H24F8O2/c1-2-3-14-4-6-15(7-5-14)13-33-17-8-9-18(19(25)12-17)16-10-20(26)22(21(27)11-16)23(28,29)34-24(30,31)32/h8-12,14-15H,2-7,13H2,1H3. The van der Waals surface area contributed by atoms with E-state index in [-0.39, 0.29) is 11.3 Å². The molecule has 0 N–H and O–H groups in total. The van der Waals surface area contributed by atoms with Crippen LogP contribution in [-0.2, 0) is 10.8 Å². The minimum atomic E-state index is -5.84. The van der Waals surface area contributed by atoms with Crippen LogP contribution in [0.15, 0.2) is 30.3 Å². The summed E-state index contributed by atoms with van der Waals surface area (Å²) in [6.07, 6.45) is -4.52. The zero-order valence-corrected chi connectivity index (χ0v) is 18.3. The van der Waals surface area contributed by atoms with E-state index in [0.717, 1.165) is 50.2 Å². The van der Waals surface area contributed by atoms with Gasteiger partial charge in [-0.05, 0) is 54.5 Å². The van der Waals surface area contributed by atoms with E-state index in [1.807, 2.05) is 0 Å². The van der Waals surface area contributed by atoms with E-state index in [2.05, 4.69) is 11.7 Å². The number of hydrogen-bond acceptors (Lipinski definition) is 2. The van der Waals surface area contributed by atoms with Crippen LogP contribution in [0.5, 0.6) is 5.75 Å². The first-order chi connectivity index (χ1) is 15.9. The van der Waals surface area contributed by atoms with Crippen molar-refractivity contribution in [2.24, 2.45) is 11.8 Å². The molecular weight excluding hydrogens is 472 g/mol. The van der Waals surface area contributed by atoms with Crippen LogP contribution in [0.2, 0.25) is 0 Å². The molecule has 2 aromatic carbocycles. The molecule has 0 aliphatic heterocycles. The van der Waals surface area contributed by atoms with Gasteiger partial charge in [-0.1, -0.05) is 32.6 Å². The number of ether oxygens (including phenoxy) is 2. The van der Waals surface area contributed by atoms with E-state index >= 15 is 0 Å². The Hall–Kier alpha value is -2.36. The summed E-state index contributed by atoms with van der Waals surface area (Å²) in [5.41, 5.74) is -3.03. The Kier molecular flexibility index (Phi) is 8.10. The molecule has 0 atom stereocenters. The Labute approximate surface area is 191 Å². The largest absolute Gasteiger partial charge is 0.527 e. The molecule has 1 aliphatic rings. The molecule has 0 unspecified atom stereocenters. The van der Waals surface area contributed by atoms with Crippen LogP contribution in [0.4, 0.5) is 35.1 Å². The molecule has 2 nitrogen and oxygen atoms in total. The summed E-state index contributed by atoms with van der Waals surface area (Å²) in [5, 5.41) is 0. The fourth-order valence-electron chi connectivity index (χ4n) is 4.33. The molecule has 2 aromatic rings. The third kappa shape index (κ3) is 6.61. The van der Waals surface area contributed by atoms with Gasteiger partial charge < -0.3 is 4.74 Å². The molecule has 1 fully saturated rings. The lowest BCUT2D eigenvalue weighted by Gasteiger charge is -2.28. The van der Waals surface area contributed by atoms with Gasteiger partial charge in [-0.15, -0.1) is 13.2 Å². The van der Waals surface area contributed by atoms with Gasteiger partial charge in [0.1, 0.15) is 28.8 Å². The van der Waals surface area contributed by atoms with E-state index in [0.29, 0.717) is 24.7 Å². The average Bonchev–Trinajstić information content (AvgIpc) is 2.71. The number of alkyl halides is 5. The highest BCUT2D eigenvalue weighted by Crippen LogP contribution is 2.40. The Bertz CT molecular complexity index is 958. The highest BCUT2D eigenvalue weighted by Gasteiger charge is 2.49. The molecule has 1 saturated carbocycles. The van der Waals surface area contributed by atoms with Crippen LogP contribution in [0, 0.1) is 29.3 Å². The summed E-state index contributed by atoms with van der Waals surface area (Å²) in [7, 11) is 0. The molecule has 0 aromatic heterocycles. The zero-order valence-electron chi connectivity index (χ0n) is 18.3. The smallest absolute Gasteiger partial charge is 0.493 e. The fourth-order valence-corrected chi connectivity index (χ4v) is 4.33. The van der Waals surface area contributed by atoms with Gasteiger partial charge in [0.2, 0.25) is 0 Å². The third-order valence-electron chi connectivity index (χ3n) is 5.98. The van der Waals surface area contributed by atoms with E-state index in [4.69, 9.17) is 4.74 Å². The van der Waals surface area contributed by atoms with Gasteiger partial charge in [0.15, 0.2) is 0 Å². The Morgan fingerprint density at radius 1 is 0.824 bits per heavy atom. The molecule has 0 spiro atoms. The maximum absolute atomic E-state index is 14.6. The van der Waals surface area contributed by atoms with Gasteiger partial charge in [-0.25, -0.2) is 17.9 Å². The molecule has 188 valence electrons. The van der Waals surface area contributed by atoms with E-state index in [1.165, 1.54) is 12.5 Å². The predicted octanol–water partition coefficient (Wildman–Crippen LogP) is 8.34. The molecule has 34 heavy (non-hydrogen) atoms. The number of hydrogen-bond donors (Lipinski definition) is 0. The van der Waals surface area contributed by atoms with Crippen molar-refractivity contribution in [2.45, 2.75) is 57.9 Å². The van der Waals surface area contributed by atoms with Crippen LogP contribution in [0.3, 0.4) is 0 Å². The normalized spacial score (nSPS) is 19.3. The Balaban J connectivity index is 1.71. The van der Waals surface area contributed by atoms with Gasteiger partial charge in [0, 0.05) is 11.6 Å². The molecule has 0 heterocycles. The third-order valence-corrected chi connectivity index (χ3v) is 5.98. The Morgan fingerprint density at radius 3 is 1.94 bits per heavy atom. The lowest BCUT2D eigenvalue weighted by Crippen LogP contribution is -2.29. The topological polar surface area (TPSA) is 18.5 Å². The molecular formula is C24H24F8O2. The number of benzene rings is 2. The van der Waals surface area contributed by atoms with Crippen molar-refractivity contribution in [2.75, 3.05) is 6.61 Å². The minimum absolute atomic E-state index is 0.194. The molecule has 3 rings (SSSR count). The maximum Gasteiger partial charge on any atom is 0.527 e. The van der Waals surface area contributed by atoms with Crippen LogP contribution >= 0.6 is 0 Å². The number of halogens is 8. The molecule has 0 radical (unpaired) electrons. The average molecular weight is 496 g/mol. The molecule has 0 amide bonds. The van der Waals surface area contributed by atoms with Crippen molar-refractivity contribution < 1.29 is 44.6 Å². The molecule has 1 aliphatic carbocycles. The Morgan fingerprint density at radius 2 is 1.41 bits per heavy atom. The van der Waals surface area contributed by atoms with Gasteiger partial charge in [0.25, 0.3) is 0 Å². The van der Waals surface area contributed by atoms with E-state index < -0.39 is 41.0 Å². The molecule has 0 bridgehead atoms. The molecule has 0 saturated heterocycles. The first kappa shape index (κ1) is 26.2. The zero-order chi connectivity index (χ0) is 25.1. The van der Waals surface area contributed by atoms with Gasteiger partial charge in [-0.3, -0.25) is 0 Å². The number of rotatable bonds is 8. The lowest BCUT2D eigenvalue weighted by molar-refractivity contribution is -0.432. The monoisotopic (exact) mass is 496 g/mol. The summed E-state index contributed by atoms with van der Waals surface area (Å²) in [6.45, 7) is 2.55. The SMILES string of the molecule is CCCC1CCC(COc2ccc(-c3cc(F)c(C(F)(F)OC(F)(F)F)c(F)c3)c(F)c2)CC1. The van der Waals surface area contributed by atoms with Crippen molar-refractivity contribution in [1.82, 2.24) is 0 Å². The maximum atomic E-state index is 14.6. The summed E-state index contributed by atoms with van der Waals surface area (Å²) in [5.74, 6) is -3.70. The molecule has 10 heteroatoms. The van der Waals surface area contributed by atoms with Crippen LogP contribution < -0.4 is 4.74 Å². The second-order valence-electron chi connectivity index (χ2n) is 8.51.